The molecule has 0 atom stereocenters. The van der Waals surface area contributed by atoms with Gasteiger partial charge in [0.15, 0.2) is 5.78 Å². The molecule has 0 saturated heterocycles. The van der Waals surface area contributed by atoms with Crippen LogP contribution in [0.3, 0.4) is 0 Å². The summed E-state index contributed by atoms with van der Waals surface area (Å²) < 4.78 is 1.79. The van der Waals surface area contributed by atoms with Crippen molar-refractivity contribution in [2.45, 2.75) is 19.8 Å². The smallest absolute Gasteiger partial charge is 0.165 e. The quantitative estimate of drug-likeness (QED) is 0.727. The predicted octanol–water partition coefficient (Wildman–Crippen LogP) is 2.31. The van der Waals surface area contributed by atoms with Gasteiger partial charge in [-0.05, 0) is 30.5 Å². The second-order valence-corrected chi connectivity index (χ2v) is 4.20. The third-order valence-electron chi connectivity index (χ3n) is 2.99. The molecule has 0 bridgehead atoms. The SMILES string of the molecule is Cc1cnn(-c2cccc3c2C(=O)CC3)c1. The molecule has 1 aliphatic rings. The topological polar surface area (TPSA) is 34.9 Å². The van der Waals surface area contributed by atoms with E-state index < -0.39 is 0 Å². The maximum absolute atomic E-state index is 11.8. The van der Waals surface area contributed by atoms with Crippen LogP contribution in [-0.2, 0) is 6.42 Å². The van der Waals surface area contributed by atoms with Gasteiger partial charge in [0.2, 0.25) is 0 Å². The Balaban J connectivity index is 2.22. The Morgan fingerprint density at radius 1 is 1.31 bits per heavy atom. The summed E-state index contributed by atoms with van der Waals surface area (Å²) in [7, 11) is 0. The van der Waals surface area contributed by atoms with E-state index >= 15 is 0 Å². The van der Waals surface area contributed by atoms with Gasteiger partial charge in [-0.15, -0.1) is 0 Å². The van der Waals surface area contributed by atoms with Crippen molar-refractivity contribution in [3.05, 3.63) is 47.3 Å². The molecule has 0 amide bonds. The first-order valence-corrected chi connectivity index (χ1v) is 5.42. The molecule has 16 heavy (non-hydrogen) atoms. The van der Waals surface area contributed by atoms with Crippen LogP contribution in [0.15, 0.2) is 30.6 Å². The van der Waals surface area contributed by atoms with Crippen LogP contribution in [0.4, 0.5) is 0 Å². The Morgan fingerprint density at radius 2 is 2.19 bits per heavy atom. The lowest BCUT2D eigenvalue weighted by Gasteiger charge is -2.06. The zero-order chi connectivity index (χ0) is 11.1. The third-order valence-corrected chi connectivity index (χ3v) is 2.99. The normalized spacial score (nSPS) is 14.2. The number of benzene rings is 1. The highest BCUT2D eigenvalue weighted by Gasteiger charge is 2.23. The van der Waals surface area contributed by atoms with Gasteiger partial charge in [-0.2, -0.15) is 5.10 Å². The van der Waals surface area contributed by atoms with Gasteiger partial charge in [0.1, 0.15) is 0 Å². The van der Waals surface area contributed by atoms with E-state index in [9.17, 15) is 4.79 Å². The van der Waals surface area contributed by atoms with E-state index in [1.54, 1.807) is 10.9 Å². The Labute approximate surface area is 93.7 Å². The van der Waals surface area contributed by atoms with Crippen molar-refractivity contribution in [3.63, 3.8) is 0 Å². The summed E-state index contributed by atoms with van der Waals surface area (Å²) in [5.41, 5.74) is 4.01. The molecule has 3 nitrogen and oxygen atoms in total. The second kappa shape index (κ2) is 3.30. The molecule has 1 heterocycles. The molecule has 0 aliphatic heterocycles. The standard InChI is InChI=1S/C13H12N2O/c1-9-7-14-15(8-9)11-4-2-3-10-5-6-12(16)13(10)11/h2-4,7-8H,5-6H2,1H3. The van der Waals surface area contributed by atoms with Crippen molar-refractivity contribution in [2.75, 3.05) is 0 Å². The fourth-order valence-corrected chi connectivity index (χ4v) is 2.23. The lowest BCUT2D eigenvalue weighted by Crippen LogP contribution is -2.03. The van der Waals surface area contributed by atoms with E-state index in [-0.39, 0.29) is 5.78 Å². The molecule has 2 aromatic rings. The van der Waals surface area contributed by atoms with Crippen molar-refractivity contribution in [1.29, 1.82) is 0 Å². The number of ketones is 1. The Kier molecular flexibility index (Phi) is 1.93. The summed E-state index contributed by atoms with van der Waals surface area (Å²) in [6, 6.07) is 5.97. The van der Waals surface area contributed by atoms with E-state index in [0.717, 1.165) is 28.8 Å². The highest BCUT2D eigenvalue weighted by molar-refractivity contribution is 6.03. The number of Topliss-reactive ketones (excluding diaryl/α,β-unsaturated/α-hetero) is 1. The van der Waals surface area contributed by atoms with Crippen LogP contribution < -0.4 is 0 Å². The van der Waals surface area contributed by atoms with Gasteiger partial charge in [0.25, 0.3) is 0 Å². The first-order valence-electron chi connectivity index (χ1n) is 5.42. The molecule has 0 spiro atoms. The molecule has 0 radical (unpaired) electrons. The van der Waals surface area contributed by atoms with Gasteiger partial charge in [0.05, 0.1) is 11.9 Å². The molecule has 0 fully saturated rings. The first-order chi connectivity index (χ1) is 7.75. The summed E-state index contributed by atoms with van der Waals surface area (Å²) in [6.07, 6.45) is 5.24. The fourth-order valence-electron chi connectivity index (χ4n) is 2.23. The number of hydrogen-bond donors (Lipinski definition) is 0. The first kappa shape index (κ1) is 9.33. The Hall–Kier alpha value is -1.90. The van der Waals surface area contributed by atoms with Crippen LogP contribution in [-0.4, -0.2) is 15.6 Å². The van der Waals surface area contributed by atoms with Crippen LogP contribution in [0.1, 0.15) is 27.9 Å². The minimum Gasteiger partial charge on any atom is -0.294 e. The summed E-state index contributed by atoms with van der Waals surface area (Å²) >= 11 is 0. The average molecular weight is 212 g/mol. The molecule has 1 aliphatic carbocycles. The van der Waals surface area contributed by atoms with Gasteiger partial charge in [-0.1, -0.05) is 12.1 Å². The number of fused-ring (bicyclic) bond motifs is 1. The van der Waals surface area contributed by atoms with Crippen molar-refractivity contribution in [1.82, 2.24) is 9.78 Å². The minimum atomic E-state index is 0.235. The molecule has 0 saturated carbocycles. The van der Waals surface area contributed by atoms with Gasteiger partial charge in [-0.25, -0.2) is 4.68 Å². The van der Waals surface area contributed by atoms with Crippen LogP contribution in [0.25, 0.3) is 5.69 Å². The zero-order valence-corrected chi connectivity index (χ0v) is 9.10. The molecule has 0 unspecified atom stereocenters. The van der Waals surface area contributed by atoms with E-state index in [0.29, 0.717) is 6.42 Å². The van der Waals surface area contributed by atoms with Crippen molar-refractivity contribution < 1.29 is 4.79 Å². The summed E-state index contributed by atoms with van der Waals surface area (Å²) in [5, 5.41) is 4.26. The second-order valence-electron chi connectivity index (χ2n) is 4.20. The molecule has 0 N–H and O–H groups in total. The maximum atomic E-state index is 11.8. The number of nitrogens with zero attached hydrogens (tertiary/aromatic N) is 2. The number of hydrogen-bond acceptors (Lipinski definition) is 2. The molecule has 3 rings (SSSR count). The van der Waals surface area contributed by atoms with Crippen LogP contribution in [0, 0.1) is 6.92 Å². The summed E-state index contributed by atoms with van der Waals surface area (Å²) in [4.78, 5) is 11.8. The average Bonchev–Trinajstić information content (AvgIpc) is 2.86. The van der Waals surface area contributed by atoms with Gasteiger partial charge in [0, 0.05) is 18.2 Å². The van der Waals surface area contributed by atoms with Crippen molar-refractivity contribution in [2.24, 2.45) is 0 Å². The highest BCUT2D eigenvalue weighted by atomic mass is 16.1. The predicted molar refractivity (Wildman–Crippen MR) is 61.0 cm³/mol. The highest BCUT2D eigenvalue weighted by Crippen LogP contribution is 2.27. The van der Waals surface area contributed by atoms with Gasteiger partial charge in [-0.3, -0.25) is 4.79 Å². The van der Waals surface area contributed by atoms with Crippen LogP contribution in [0.2, 0.25) is 0 Å². The number of carbonyl (C=O) groups excluding carboxylic acids is 1. The maximum Gasteiger partial charge on any atom is 0.165 e. The van der Waals surface area contributed by atoms with E-state index in [1.807, 2.05) is 31.3 Å². The number of aromatic nitrogens is 2. The van der Waals surface area contributed by atoms with Gasteiger partial charge >= 0.3 is 0 Å². The monoisotopic (exact) mass is 212 g/mol. The van der Waals surface area contributed by atoms with Crippen LogP contribution in [0.5, 0.6) is 0 Å². The summed E-state index contributed by atoms with van der Waals surface area (Å²) in [5.74, 6) is 0.235. The Morgan fingerprint density at radius 3 is 2.94 bits per heavy atom. The van der Waals surface area contributed by atoms with E-state index in [2.05, 4.69) is 5.10 Å². The molecule has 1 aromatic heterocycles. The summed E-state index contributed by atoms with van der Waals surface area (Å²) in [6.45, 7) is 1.99. The van der Waals surface area contributed by atoms with Gasteiger partial charge < -0.3 is 0 Å². The van der Waals surface area contributed by atoms with E-state index in [1.165, 1.54) is 0 Å². The number of carbonyl (C=O) groups is 1. The fraction of sp³-hybridized carbons (Fsp3) is 0.231. The molecular weight excluding hydrogens is 200 g/mol. The lowest BCUT2D eigenvalue weighted by atomic mass is 10.1. The van der Waals surface area contributed by atoms with Crippen molar-refractivity contribution in [3.8, 4) is 5.69 Å². The zero-order valence-electron chi connectivity index (χ0n) is 9.10. The molecule has 1 aromatic carbocycles. The minimum absolute atomic E-state index is 0.235. The lowest BCUT2D eigenvalue weighted by molar-refractivity contribution is 0.0994. The molecule has 80 valence electrons. The molecular formula is C13H12N2O. The van der Waals surface area contributed by atoms with E-state index in [4.69, 9.17) is 0 Å². The number of aryl methyl sites for hydroxylation is 2. The largest absolute Gasteiger partial charge is 0.294 e. The number of rotatable bonds is 1. The van der Waals surface area contributed by atoms with Crippen LogP contribution >= 0.6 is 0 Å². The third kappa shape index (κ3) is 1.28. The van der Waals surface area contributed by atoms with Crippen molar-refractivity contribution >= 4 is 5.78 Å². The Bertz CT molecular complexity index is 569. The molecule has 3 heteroatoms.